The van der Waals surface area contributed by atoms with Gasteiger partial charge in [0.2, 0.25) is 0 Å². The molecule has 5 nitrogen and oxygen atoms in total. The van der Waals surface area contributed by atoms with Gasteiger partial charge in [0.15, 0.2) is 6.61 Å². The monoisotopic (exact) mass is 335 g/mol. The Balaban J connectivity index is 2.50. The van der Waals surface area contributed by atoms with E-state index in [1.807, 2.05) is 31.2 Å². The van der Waals surface area contributed by atoms with Crippen molar-refractivity contribution in [3.8, 4) is 5.75 Å². The first-order valence-corrected chi connectivity index (χ1v) is 8.61. The maximum Gasteiger partial charge on any atom is 0.307 e. The van der Waals surface area contributed by atoms with E-state index < -0.39 is 0 Å². The zero-order valence-corrected chi connectivity index (χ0v) is 15.0. The zero-order valence-electron chi connectivity index (χ0n) is 15.0. The molecule has 0 saturated carbocycles. The molecule has 0 radical (unpaired) electrons. The summed E-state index contributed by atoms with van der Waals surface area (Å²) in [5, 5.41) is 0. The molecular formula is C19H29NO4. The molecule has 0 aliphatic heterocycles. The summed E-state index contributed by atoms with van der Waals surface area (Å²) in [5.41, 5.74) is 1.14. The van der Waals surface area contributed by atoms with Crippen molar-refractivity contribution in [3.05, 3.63) is 29.8 Å². The van der Waals surface area contributed by atoms with Crippen LogP contribution in [0.5, 0.6) is 5.75 Å². The van der Waals surface area contributed by atoms with Gasteiger partial charge in [0.1, 0.15) is 5.75 Å². The van der Waals surface area contributed by atoms with Crippen molar-refractivity contribution in [1.82, 2.24) is 4.90 Å². The van der Waals surface area contributed by atoms with Gasteiger partial charge in [-0.2, -0.15) is 0 Å². The number of carbonyl (C=O) groups is 2. The molecule has 1 rings (SSSR count). The van der Waals surface area contributed by atoms with Gasteiger partial charge in [-0.1, -0.05) is 43.9 Å². The lowest BCUT2D eigenvalue weighted by atomic mass is 10.2. The van der Waals surface area contributed by atoms with Crippen molar-refractivity contribution < 1.29 is 19.1 Å². The SMILES string of the molecule is CCCCCCN(CCC(=O)OC)C(=O)COc1ccc(C)cc1. The summed E-state index contributed by atoms with van der Waals surface area (Å²) in [5.74, 6) is 0.268. The van der Waals surface area contributed by atoms with Crippen LogP contribution in [-0.2, 0) is 14.3 Å². The first kappa shape index (κ1) is 20.0. The Morgan fingerprint density at radius 2 is 1.75 bits per heavy atom. The fraction of sp³-hybridized carbons (Fsp3) is 0.579. The number of rotatable bonds is 11. The van der Waals surface area contributed by atoms with E-state index in [1.165, 1.54) is 7.11 Å². The largest absolute Gasteiger partial charge is 0.484 e. The van der Waals surface area contributed by atoms with Crippen LogP contribution in [0.15, 0.2) is 24.3 Å². The van der Waals surface area contributed by atoms with Crippen LogP contribution in [0.4, 0.5) is 0 Å². The van der Waals surface area contributed by atoms with E-state index in [-0.39, 0.29) is 24.9 Å². The highest BCUT2D eigenvalue weighted by atomic mass is 16.5. The van der Waals surface area contributed by atoms with Crippen molar-refractivity contribution in [3.63, 3.8) is 0 Å². The number of esters is 1. The molecule has 1 aromatic carbocycles. The number of aryl methyl sites for hydroxylation is 1. The summed E-state index contributed by atoms with van der Waals surface area (Å²) in [6.07, 6.45) is 4.52. The molecule has 24 heavy (non-hydrogen) atoms. The van der Waals surface area contributed by atoms with Crippen LogP contribution in [0, 0.1) is 6.92 Å². The number of ether oxygens (including phenoxy) is 2. The summed E-state index contributed by atoms with van der Waals surface area (Å²) >= 11 is 0. The average molecular weight is 335 g/mol. The summed E-state index contributed by atoms with van der Waals surface area (Å²) in [6, 6.07) is 7.59. The second kappa shape index (κ2) is 11.5. The molecule has 0 N–H and O–H groups in total. The van der Waals surface area contributed by atoms with Crippen molar-refractivity contribution in [2.24, 2.45) is 0 Å². The Bertz CT molecular complexity index is 499. The van der Waals surface area contributed by atoms with Crippen LogP contribution >= 0.6 is 0 Å². The molecule has 0 heterocycles. The maximum absolute atomic E-state index is 12.4. The Labute approximate surface area is 144 Å². The fourth-order valence-corrected chi connectivity index (χ4v) is 2.29. The van der Waals surface area contributed by atoms with Crippen molar-refractivity contribution in [1.29, 1.82) is 0 Å². The van der Waals surface area contributed by atoms with Gasteiger partial charge in [-0.25, -0.2) is 0 Å². The van der Waals surface area contributed by atoms with Gasteiger partial charge in [-0.05, 0) is 25.5 Å². The topological polar surface area (TPSA) is 55.8 Å². The molecular weight excluding hydrogens is 306 g/mol. The minimum absolute atomic E-state index is 0.0159. The molecule has 0 aliphatic rings. The third kappa shape index (κ3) is 7.99. The number of hydrogen-bond donors (Lipinski definition) is 0. The maximum atomic E-state index is 12.4. The van der Waals surface area contributed by atoms with Gasteiger partial charge >= 0.3 is 5.97 Å². The smallest absolute Gasteiger partial charge is 0.307 e. The standard InChI is InChI=1S/C19H29NO4/c1-4-5-6-7-13-20(14-12-19(22)23-3)18(21)15-24-17-10-8-16(2)9-11-17/h8-11H,4-7,12-15H2,1-3H3. The molecule has 134 valence electrons. The molecule has 0 unspecified atom stereocenters. The third-order valence-corrected chi connectivity index (χ3v) is 3.83. The second-order valence-corrected chi connectivity index (χ2v) is 5.87. The first-order chi connectivity index (χ1) is 11.6. The van der Waals surface area contributed by atoms with E-state index in [4.69, 9.17) is 4.74 Å². The van der Waals surface area contributed by atoms with E-state index in [2.05, 4.69) is 11.7 Å². The number of benzene rings is 1. The lowest BCUT2D eigenvalue weighted by molar-refractivity contribution is -0.142. The van der Waals surface area contributed by atoms with Crippen molar-refractivity contribution in [2.45, 2.75) is 46.0 Å². The van der Waals surface area contributed by atoms with Gasteiger partial charge in [-0.3, -0.25) is 9.59 Å². The van der Waals surface area contributed by atoms with Crippen LogP contribution in [0.25, 0.3) is 0 Å². The molecule has 0 saturated heterocycles. The van der Waals surface area contributed by atoms with Crippen LogP contribution in [0.1, 0.15) is 44.6 Å². The van der Waals surface area contributed by atoms with Gasteiger partial charge in [0.25, 0.3) is 5.91 Å². The molecule has 1 amide bonds. The number of amides is 1. The van der Waals surface area contributed by atoms with Crippen LogP contribution in [0.2, 0.25) is 0 Å². The quantitative estimate of drug-likeness (QED) is 0.460. The molecule has 1 aromatic rings. The highest BCUT2D eigenvalue weighted by Crippen LogP contribution is 2.12. The highest BCUT2D eigenvalue weighted by Gasteiger charge is 2.15. The Kier molecular flexibility index (Phi) is 9.58. The first-order valence-electron chi connectivity index (χ1n) is 8.61. The van der Waals surface area contributed by atoms with Gasteiger partial charge < -0.3 is 14.4 Å². The van der Waals surface area contributed by atoms with Crippen LogP contribution < -0.4 is 4.74 Å². The summed E-state index contributed by atoms with van der Waals surface area (Å²) in [7, 11) is 1.36. The predicted molar refractivity (Wildman–Crippen MR) is 94.0 cm³/mol. The second-order valence-electron chi connectivity index (χ2n) is 5.87. The number of hydrogen-bond acceptors (Lipinski definition) is 4. The molecule has 0 aromatic heterocycles. The Morgan fingerprint density at radius 3 is 2.38 bits per heavy atom. The van der Waals surface area contributed by atoms with E-state index in [0.717, 1.165) is 31.2 Å². The minimum Gasteiger partial charge on any atom is -0.484 e. The summed E-state index contributed by atoms with van der Waals surface area (Å²) in [4.78, 5) is 25.4. The van der Waals surface area contributed by atoms with E-state index >= 15 is 0 Å². The molecule has 0 bridgehead atoms. The van der Waals surface area contributed by atoms with Crippen LogP contribution in [-0.4, -0.2) is 43.6 Å². The van der Waals surface area contributed by atoms with E-state index in [1.54, 1.807) is 4.90 Å². The molecule has 0 atom stereocenters. The van der Waals surface area contributed by atoms with Crippen molar-refractivity contribution >= 4 is 11.9 Å². The number of nitrogens with zero attached hydrogens (tertiary/aromatic N) is 1. The average Bonchev–Trinajstić information content (AvgIpc) is 2.60. The van der Waals surface area contributed by atoms with Gasteiger partial charge in [0.05, 0.1) is 13.5 Å². The molecule has 0 aliphatic carbocycles. The highest BCUT2D eigenvalue weighted by molar-refractivity contribution is 5.78. The molecule has 0 spiro atoms. The summed E-state index contributed by atoms with van der Waals surface area (Å²) in [6.45, 7) is 5.15. The Hall–Kier alpha value is -2.04. The molecule has 0 fully saturated rings. The normalized spacial score (nSPS) is 10.3. The number of carbonyl (C=O) groups excluding carboxylic acids is 2. The summed E-state index contributed by atoms with van der Waals surface area (Å²) < 4.78 is 10.2. The van der Waals surface area contributed by atoms with E-state index in [9.17, 15) is 9.59 Å². The lowest BCUT2D eigenvalue weighted by Gasteiger charge is -2.22. The van der Waals surface area contributed by atoms with Gasteiger partial charge in [0, 0.05) is 13.1 Å². The van der Waals surface area contributed by atoms with Gasteiger partial charge in [-0.15, -0.1) is 0 Å². The predicted octanol–water partition coefficient (Wildman–Crippen LogP) is 3.35. The third-order valence-electron chi connectivity index (χ3n) is 3.83. The van der Waals surface area contributed by atoms with Crippen molar-refractivity contribution in [2.75, 3.05) is 26.8 Å². The van der Waals surface area contributed by atoms with E-state index in [0.29, 0.717) is 18.8 Å². The Morgan fingerprint density at radius 1 is 1.04 bits per heavy atom. The fourth-order valence-electron chi connectivity index (χ4n) is 2.29. The van der Waals surface area contributed by atoms with Crippen LogP contribution in [0.3, 0.4) is 0 Å². The number of unbranched alkanes of at least 4 members (excludes halogenated alkanes) is 3. The minimum atomic E-state index is -0.305. The molecule has 5 heteroatoms. The lowest BCUT2D eigenvalue weighted by Crippen LogP contribution is -2.37. The number of methoxy groups -OCH3 is 1. The zero-order chi connectivity index (χ0) is 17.8.